The van der Waals surface area contributed by atoms with Crippen LogP contribution in [0.25, 0.3) is 5.65 Å². The van der Waals surface area contributed by atoms with E-state index in [1.807, 2.05) is 60.8 Å². The van der Waals surface area contributed by atoms with E-state index in [4.69, 9.17) is 0 Å². The van der Waals surface area contributed by atoms with E-state index in [0.717, 1.165) is 23.6 Å². The number of carbonyl (C=O) groups is 1. The first-order chi connectivity index (χ1) is 12.1. The lowest BCUT2D eigenvalue weighted by molar-refractivity contribution is -0.120. The van der Waals surface area contributed by atoms with Crippen LogP contribution in [0.3, 0.4) is 0 Å². The molecule has 0 aliphatic carbocycles. The standard InChI is InChI=1S/C19H22N4OS/c1-14(11-12-16-8-4-3-5-9-16)20-18(24)15(2)25-19-22-21-17-10-6-7-13-23(17)19/h3-10,13-15H,11-12H2,1-2H3,(H,20,24)/t14-,15-/m1/s1. The van der Waals surface area contributed by atoms with Gasteiger partial charge in [0.25, 0.3) is 0 Å². The number of hydrogen-bond donors (Lipinski definition) is 1. The molecule has 3 aromatic rings. The molecule has 0 unspecified atom stereocenters. The minimum Gasteiger partial charge on any atom is -0.353 e. The highest BCUT2D eigenvalue weighted by atomic mass is 32.2. The minimum absolute atomic E-state index is 0.0262. The Morgan fingerprint density at radius 3 is 2.68 bits per heavy atom. The van der Waals surface area contributed by atoms with Crippen LogP contribution < -0.4 is 5.32 Å². The second-order valence-corrected chi connectivity index (χ2v) is 7.41. The zero-order valence-corrected chi connectivity index (χ0v) is 15.2. The first kappa shape index (κ1) is 17.5. The number of aromatic nitrogens is 3. The molecule has 6 heteroatoms. The molecule has 2 heterocycles. The molecule has 0 saturated carbocycles. The maximum Gasteiger partial charge on any atom is 0.233 e. The highest BCUT2D eigenvalue weighted by molar-refractivity contribution is 8.00. The Morgan fingerprint density at radius 2 is 1.88 bits per heavy atom. The largest absolute Gasteiger partial charge is 0.353 e. The molecule has 2 aromatic heterocycles. The van der Waals surface area contributed by atoms with Crippen LogP contribution in [0.1, 0.15) is 25.8 Å². The average Bonchev–Trinajstić information content (AvgIpc) is 3.04. The quantitative estimate of drug-likeness (QED) is 0.661. The lowest BCUT2D eigenvalue weighted by atomic mass is 10.1. The lowest BCUT2D eigenvalue weighted by Gasteiger charge is -2.17. The van der Waals surface area contributed by atoms with Crippen molar-refractivity contribution in [2.75, 3.05) is 0 Å². The molecule has 0 aliphatic heterocycles. The molecule has 25 heavy (non-hydrogen) atoms. The number of carbonyl (C=O) groups excluding carboxylic acids is 1. The van der Waals surface area contributed by atoms with E-state index in [1.165, 1.54) is 17.3 Å². The van der Waals surface area contributed by atoms with Crippen molar-refractivity contribution >= 4 is 23.3 Å². The fraction of sp³-hybridized carbons (Fsp3) is 0.316. The number of hydrogen-bond acceptors (Lipinski definition) is 4. The van der Waals surface area contributed by atoms with Crippen LogP contribution in [0.5, 0.6) is 0 Å². The molecule has 2 atom stereocenters. The molecule has 0 fully saturated rings. The Morgan fingerprint density at radius 1 is 1.12 bits per heavy atom. The van der Waals surface area contributed by atoms with E-state index in [-0.39, 0.29) is 17.2 Å². The van der Waals surface area contributed by atoms with E-state index in [0.29, 0.717) is 0 Å². The van der Waals surface area contributed by atoms with Crippen molar-refractivity contribution in [2.45, 2.75) is 43.1 Å². The van der Waals surface area contributed by atoms with Crippen molar-refractivity contribution in [1.82, 2.24) is 19.9 Å². The van der Waals surface area contributed by atoms with Gasteiger partial charge in [0.15, 0.2) is 10.8 Å². The number of nitrogens with zero attached hydrogens (tertiary/aromatic N) is 3. The van der Waals surface area contributed by atoms with Crippen molar-refractivity contribution in [1.29, 1.82) is 0 Å². The van der Waals surface area contributed by atoms with Crippen LogP contribution in [-0.4, -0.2) is 31.8 Å². The third kappa shape index (κ3) is 4.60. The highest BCUT2D eigenvalue weighted by Gasteiger charge is 2.19. The summed E-state index contributed by atoms with van der Waals surface area (Å²) in [4.78, 5) is 12.4. The van der Waals surface area contributed by atoms with Crippen LogP contribution in [0.2, 0.25) is 0 Å². The van der Waals surface area contributed by atoms with Gasteiger partial charge < -0.3 is 5.32 Å². The molecule has 0 saturated heterocycles. The van der Waals surface area contributed by atoms with Crippen LogP contribution in [0.15, 0.2) is 59.9 Å². The SMILES string of the molecule is C[C@H](CCc1ccccc1)NC(=O)[C@@H](C)Sc1nnc2ccccn12. The second kappa shape index (κ2) is 8.16. The van der Waals surface area contributed by atoms with Gasteiger partial charge in [-0.05, 0) is 44.4 Å². The Bertz CT molecular complexity index is 834. The van der Waals surface area contributed by atoms with Crippen molar-refractivity contribution in [2.24, 2.45) is 0 Å². The first-order valence-electron chi connectivity index (χ1n) is 8.44. The van der Waals surface area contributed by atoms with Gasteiger partial charge >= 0.3 is 0 Å². The number of benzene rings is 1. The maximum atomic E-state index is 12.4. The van der Waals surface area contributed by atoms with Crippen molar-refractivity contribution in [3.63, 3.8) is 0 Å². The monoisotopic (exact) mass is 354 g/mol. The summed E-state index contributed by atoms with van der Waals surface area (Å²) >= 11 is 1.42. The molecule has 1 N–H and O–H groups in total. The summed E-state index contributed by atoms with van der Waals surface area (Å²) in [5.41, 5.74) is 2.08. The predicted molar refractivity (Wildman–Crippen MR) is 101 cm³/mol. The highest BCUT2D eigenvalue weighted by Crippen LogP contribution is 2.22. The Labute approximate surface area is 151 Å². The fourth-order valence-electron chi connectivity index (χ4n) is 2.57. The zero-order valence-electron chi connectivity index (χ0n) is 14.4. The van der Waals surface area contributed by atoms with Crippen LogP contribution in [-0.2, 0) is 11.2 Å². The summed E-state index contributed by atoms with van der Waals surface area (Å²) in [5, 5.41) is 11.9. The van der Waals surface area contributed by atoms with E-state index in [9.17, 15) is 4.79 Å². The van der Waals surface area contributed by atoms with Crippen molar-refractivity contribution in [3.8, 4) is 0 Å². The lowest BCUT2D eigenvalue weighted by Crippen LogP contribution is -2.37. The number of fused-ring (bicyclic) bond motifs is 1. The number of pyridine rings is 1. The predicted octanol–water partition coefficient (Wildman–Crippen LogP) is 3.35. The molecule has 0 spiro atoms. The van der Waals surface area contributed by atoms with E-state index >= 15 is 0 Å². The van der Waals surface area contributed by atoms with Gasteiger partial charge in [-0.1, -0.05) is 48.2 Å². The molecule has 1 aromatic carbocycles. The maximum absolute atomic E-state index is 12.4. The molecule has 3 rings (SSSR count). The van der Waals surface area contributed by atoms with Crippen LogP contribution in [0, 0.1) is 0 Å². The zero-order chi connectivity index (χ0) is 17.6. The molecular formula is C19H22N4OS. The third-order valence-corrected chi connectivity index (χ3v) is 5.09. The Kier molecular flexibility index (Phi) is 5.71. The number of nitrogens with one attached hydrogen (secondary N) is 1. The molecule has 0 bridgehead atoms. The van der Waals surface area contributed by atoms with E-state index < -0.39 is 0 Å². The molecule has 1 amide bonds. The van der Waals surface area contributed by atoms with Gasteiger partial charge in [0, 0.05) is 12.2 Å². The Balaban J connectivity index is 1.52. The smallest absolute Gasteiger partial charge is 0.233 e. The van der Waals surface area contributed by atoms with Gasteiger partial charge in [-0.3, -0.25) is 9.20 Å². The minimum atomic E-state index is -0.230. The molecule has 5 nitrogen and oxygen atoms in total. The van der Waals surface area contributed by atoms with Gasteiger partial charge in [0.05, 0.1) is 5.25 Å². The molecule has 130 valence electrons. The summed E-state index contributed by atoms with van der Waals surface area (Å²) < 4.78 is 1.90. The van der Waals surface area contributed by atoms with Crippen molar-refractivity contribution in [3.05, 3.63) is 60.3 Å². The van der Waals surface area contributed by atoms with Crippen LogP contribution in [0.4, 0.5) is 0 Å². The van der Waals surface area contributed by atoms with Gasteiger partial charge in [-0.2, -0.15) is 0 Å². The molecule has 0 radical (unpaired) electrons. The van der Waals surface area contributed by atoms with Crippen LogP contribution >= 0.6 is 11.8 Å². The number of amides is 1. The summed E-state index contributed by atoms with van der Waals surface area (Å²) in [7, 11) is 0. The first-order valence-corrected chi connectivity index (χ1v) is 9.32. The summed E-state index contributed by atoms with van der Waals surface area (Å²) in [6.07, 6.45) is 3.78. The van der Waals surface area contributed by atoms with E-state index in [1.54, 1.807) is 0 Å². The molecular weight excluding hydrogens is 332 g/mol. The fourth-order valence-corrected chi connectivity index (χ4v) is 3.42. The topological polar surface area (TPSA) is 59.3 Å². The van der Waals surface area contributed by atoms with Crippen molar-refractivity contribution < 1.29 is 4.79 Å². The summed E-state index contributed by atoms with van der Waals surface area (Å²) in [6.45, 7) is 3.94. The van der Waals surface area contributed by atoms with Gasteiger partial charge in [-0.25, -0.2) is 0 Å². The average molecular weight is 354 g/mol. The van der Waals surface area contributed by atoms with Gasteiger partial charge in [0.1, 0.15) is 0 Å². The number of aryl methyl sites for hydroxylation is 1. The van der Waals surface area contributed by atoms with Gasteiger partial charge in [0.2, 0.25) is 5.91 Å². The summed E-state index contributed by atoms with van der Waals surface area (Å²) in [6, 6.07) is 16.2. The number of thioether (sulfide) groups is 1. The Hall–Kier alpha value is -2.34. The summed E-state index contributed by atoms with van der Waals surface area (Å²) in [5.74, 6) is 0.0262. The normalized spacial score (nSPS) is 13.5. The van der Waals surface area contributed by atoms with Gasteiger partial charge in [-0.15, -0.1) is 10.2 Å². The number of rotatable bonds is 7. The van der Waals surface area contributed by atoms with E-state index in [2.05, 4.69) is 27.6 Å². The third-order valence-electron chi connectivity index (χ3n) is 4.03. The molecule has 0 aliphatic rings. The second-order valence-electron chi connectivity index (χ2n) is 6.11.